The lowest BCUT2D eigenvalue weighted by molar-refractivity contribution is -0.151. The summed E-state index contributed by atoms with van der Waals surface area (Å²) >= 11 is 0. The maximum Gasteiger partial charge on any atom is 0.326 e. The molecule has 1 atom stereocenters. The van der Waals surface area contributed by atoms with Crippen LogP contribution in [0.1, 0.15) is 24.1 Å². The molecular weight excluding hydrogens is 302 g/mol. The molecule has 1 saturated heterocycles. The first-order chi connectivity index (χ1) is 11.1. The van der Waals surface area contributed by atoms with Gasteiger partial charge in [0.05, 0.1) is 12.3 Å². The van der Waals surface area contributed by atoms with Crippen LogP contribution in [0.4, 0.5) is 0 Å². The van der Waals surface area contributed by atoms with E-state index in [9.17, 15) is 14.7 Å². The van der Waals surface area contributed by atoms with Gasteiger partial charge in [-0.15, -0.1) is 0 Å². The number of carbonyl (C=O) groups excluding carboxylic acids is 1. The minimum Gasteiger partial charge on any atom is -0.480 e. The molecule has 1 unspecified atom stereocenters. The van der Waals surface area contributed by atoms with E-state index in [1.807, 2.05) is 0 Å². The predicted molar refractivity (Wildman–Crippen MR) is 80.5 cm³/mol. The van der Waals surface area contributed by atoms with Gasteiger partial charge in [0, 0.05) is 25.4 Å². The van der Waals surface area contributed by atoms with Crippen molar-refractivity contribution in [2.24, 2.45) is 0 Å². The van der Waals surface area contributed by atoms with E-state index >= 15 is 0 Å². The number of amides is 1. The number of nitrogens with one attached hydrogen (secondary N) is 2. The third-order valence-corrected chi connectivity index (χ3v) is 3.64. The van der Waals surface area contributed by atoms with Gasteiger partial charge in [-0.25, -0.2) is 5.48 Å². The van der Waals surface area contributed by atoms with Gasteiger partial charge >= 0.3 is 5.97 Å². The Kier molecular flexibility index (Phi) is 5.80. The molecule has 124 valence electrons. The van der Waals surface area contributed by atoms with E-state index in [0.29, 0.717) is 31.7 Å². The van der Waals surface area contributed by atoms with Crippen LogP contribution in [-0.2, 0) is 20.9 Å². The molecule has 0 bridgehead atoms. The standard InChI is InChI=1S/C15H19N3O5/c19-13(18-22)5-4-12-3-2-11(8-16-12)9-17-15(14(20)21)6-1-7-23-10-15/h2-5,8,17,22H,1,6-7,9-10H2,(H,18,19)(H,20,21). The van der Waals surface area contributed by atoms with Crippen LogP contribution in [0, 0.1) is 0 Å². The SMILES string of the molecule is O=C(C=Cc1ccc(CNC2(C(=O)O)CCCOC2)cn1)NO. The van der Waals surface area contributed by atoms with E-state index < -0.39 is 17.4 Å². The van der Waals surface area contributed by atoms with Crippen molar-refractivity contribution in [1.82, 2.24) is 15.8 Å². The fraction of sp³-hybridized carbons (Fsp3) is 0.400. The number of nitrogens with zero attached hydrogens (tertiary/aromatic N) is 1. The van der Waals surface area contributed by atoms with Crippen molar-refractivity contribution < 1.29 is 24.6 Å². The summed E-state index contributed by atoms with van der Waals surface area (Å²) in [5, 5.41) is 20.9. The first-order valence-electron chi connectivity index (χ1n) is 7.19. The minimum absolute atomic E-state index is 0.146. The van der Waals surface area contributed by atoms with Crippen molar-refractivity contribution in [3.63, 3.8) is 0 Å². The van der Waals surface area contributed by atoms with Crippen molar-refractivity contribution in [2.45, 2.75) is 24.9 Å². The average Bonchev–Trinajstić information content (AvgIpc) is 2.59. The number of ether oxygens (including phenoxy) is 1. The van der Waals surface area contributed by atoms with Crippen molar-refractivity contribution in [2.75, 3.05) is 13.2 Å². The zero-order valence-corrected chi connectivity index (χ0v) is 12.5. The summed E-state index contributed by atoms with van der Waals surface area (Å²) in [6.45, 7) is 1.08. The maximum atomic E-state index is 11.5. The lowest BCUT2D eigenvalue weighted by Gasteiger charge is -2.33. The third kappa shape index (κ3) is 4.59. The molecule has 0 saturated carbocycles. The van der Waals surface area contributed by atoms with E-state index in [-0.39, 0.29) is 6.61 Å². The van der Waals surface area contributed by atoms with Crippen LogP contribution >= 0.6 is 0 Å². The summed E-state index contributed by atoms with van der Waals surface area (Å²) in [6.07, 6.45) is 5.43. The molecule has 1 aromatic rings. The van der Waals surface area contributed by atoms with Crippen LogP contribution in [0.25, 0.3) is 6.08 Å². The highest BCUT2D eigenvalue weighted by Gasteiger charge is 2.40. The summed E-state index contributed by atoms with van der Waals surface area (Å²) in [5.74, 6) is -1.56. The Labute approximate surface area is 133 Å². The maximum absolute atomic E-state index is 11.5. The molecule has 1 aliphatic heterocycles. The highest BCUT2D eigenvalue weighted by molar-refractivity contribution is 5.90. The minimum atomic E-state index is -1.06. The molecule has 8 nitrogen and oxygen atoms in total. The fourth-order valence-corrected chi connectivity index (χ4v) is 2.29. The van der Waals surface area contributed by atoms with Crippen molar-refractivity contribution in [1.29, 1.82) is 0 Å². The van der Waals surface area contributed by atoms with Gasteiger partial charge in [0.15, 0.2) is 0 Å². The number of carboxylic acid groups (broad SMARTS) is 1. The lowest BCUT2D eigenvalue weighted by Crippen LogP contribution is -2.57. The lowest BCUT2D eigenvalue weighted by atomic mass is 9.92. The molecule has 0 radical (unpaired) electrons. The molecule has 1 aromatic heterocycles. The van der Waals surface area contributed by atoms with E-state index in [4.69, 9.17) is 9.94 Å². The third-order valence-electron chi connectivity index (χ3n) is 3.64. The van der Waals surface area contributed by atoms with Crippen molar-refractivity contribution in [3.05, 3.63) is 35.7 Å². The van der Waals surface area contributed by atoms with E-state index in [1.165, 1.54) is 11.6 Å². The van der Waals surface area contributed by atoms with Gasteiger partial charge in [-0.2, -0.15) is 0 Å². The average molecular weight is 321 g/mol. The summed E-state index contributed by atoms with van der Waals surface area (Å²) < 4.78 is 5.29. The topological polar surface area (TPSA) is 121 Å². The van der Waals surface area contributed by atoms with Gasteiger partial charge in [-0.1, -0.05) is 6.07 Å². The van der Waals surface area contributed by atoms with Crippen LogP contribution < -0.4 is 10.8 Å². The van der Waals surface area contributed by atoms with Crippen LogP contribution in [0.2, 0.25) is 0 Å². The van der Waals surface area contributed by atoms with Gasteiger partial charge in [0.25, 0.3) is 5.91 Å². The smallest absolute Gasteiger partial charge is 0.326 e. The summed E-state index contributed by atoms with van der Waals surface area (Å²) in [4.78, 5) is 26.5. The number of pyridine rings is 1. The number of hydrogen-bond donors (Lipinski definition) is 4. The van der Waals surface area contributed by atoms with E-state index in [2.05, 4.69) is 10.3 Å². The largest absolute Gasteiger partial charge is 0.480 e. The number of carbonyl (C=O) groups is 2. The molecule has 23 heavy (non-hydrogen) atoms. The van der Waals surface area contributed by atoms with E-state index in [0.717, 1.165) is 11.6 Å². The van der Waals surface area contributed by atoms with Gasteiger partial charge < -0.3 is 9.84 Å². The van der Waals surface area contributed by atoms with Crippen LogP contribution in [0.15, 0.2) is 24.4 Å². The Hall–Kier alpha value is -2.29. The van der Waals surface area contributed by atoms with Gasteiger partial charge in [0.1, 0.15) is 5.54 Å². The molecule has 1 aliphatic rings. The summed E-state index contributed by atoms with van der Waals surface area (Å²) in [7, 11) is 0. The number of rotatable bonds is 6. The molecule has 0 aromatic carbocycles. The summed E-state index contributed by atoms with van der Waals surface area (Å²) in [6, 6.07) is 3.48. The van der Waals surface area contributed by atoms with Crippen LogP contribution in [-0.4, -0.2) is 45.9 Å². The normalized spacial score (nSPS) is 21.3. The quantitative estimate of drug-likeness (QED) is 0.338. The zero-order chi connectivity index (χ0) is 16.7. The molecule has 8 heteroatoms. The van der Waals surface area contributed by atoms with E-state index in [1.54, 1.807) is 18.3 Å². The first-order valence-corrected chi connectivity index (χ1v) is 7.19. The van der Waals surface area contributed by atoms with Gasteiger partial charge in [-0.3, -0.25) is 25.1 Å². The Morgan fingerprint density at radius 1 is 1.43 bits per heavy atom. The highest BCUT2D eigenvalue weighted by Crippen LogP contribution is 2.20. The first kappa shape index (κ1) is 17.1. The number of carboxylic acids is 1. The second-order valence-corrected chi connectivity index (χ2v) is 5.30. The molecule has 0 spiro atoms. The number of hydroxylamine groups is 1. The van der Waals surface area contributed by atoms with Gasteiger partial charge in [0.2, 0.25) is 0 Å². The Morgan fingerprint density at radius 3 is 2.83 bits per heavy atom. The monoisotopic (exact) mass is 321 g/mol. The molecule has 2 rings (SSSR count). The summed E-state index contributed by atoms with van der Waals surface area (Å²) in [5.41, 5.74) is 1.79. The molecule has 0 aliphatic carbocycles. The molecular formula is C15H19N3O5. The van der Waals surface area contributed by atoms with Gasteiger partial charge in [-0.05, 0) is 30.5 Å². The fourth-order valence-electron chi connectivity index (χ4n) is 2.29. The zero-order valence-electron chi connectivity index (χ0n) is 12.5. The van der Waals surface area contributed by atoms with Crippen LogP contribution in [0.5, 0.6) is 0 Å². The Morgan fingerprint density at radius 2 is 2.26 bits per heavy atom. The molecule has 2 heterocycles. The Balaban J connectivity index is 1.96. The van der Waals surface area contributed by atoms with Crippen LogP contribution in [0.3, 0.4) is 0 Å². The second-order valence-electron chi connectivity index (χ2n) is 5.30. The number of aliphatic carboxylic acids is 1. The molecule has 1 fully saturated rings. The molecule has 1 amide bonds. The van der Waals surface area contributed by atoms with Crippen molar-refractivity contribution >= 4 is 18.0 Å². The number of aromatic nitrogens is 1. The highest BCUT2D eigenvalue weighted by atomic mass is 16.5. The van der Waals surface area contributed by atoms with Crippen molar-refractivity contribution in [3.8, 4) is 0 Å². The predicted octanol–water partition coefficient (Wildman–Crippen LogP) is 0.324. The molecule has 4 N–H and O–H groups in total. The second kappa shape index (κ2) is 7.82. The Bertz CT molecular complexity index is 579. The number of hydrogen-bond acceptors (Lipinski definition) is 6.